The van der Waals surface area contributed by atoms with Gasteiger partial charge in [-0.15, -0.1) is 0 Å². The quantitative estimate of drug-likeness (QED) is 0.157. The van der Waals surface area contributed by atoms with Crippen molar-refractivity contribution >= 4 is 30.0 Å². The molecular formula is C40H61FO7Si2. The van der Waals surface area contributed by atoms with E-state index in [1.807, 2.05) is 6.92 Å². The number of esters is 2. The third-order valence-corrected chi connectivity index (χ3v) is 12.2. The Labute approximate surface area is 304 Å². The van der Waals surface area contributed by atoms with Crippen LogP contribution in [0.5, 0.6) is 5.75 Å². The number of halogens is 1. The van der Waals surface area contributed by atoms with E-state index in [-0.39, 0.29) is 52.3 Å². The lowest BCUT2D eigenvalue weighted by atomic mass is 9.59. The molecule has 1 saturated heterocycles. The van der Waals surface area contributed by atoms with E-state index in [2.05, 4.69) is 92.9 Å². The summed E-state index contributed by atoms with van der Waals surface area (Å²) >= 11 is 0. The minimum Gasteiger partial charge on any atom is -0.476 e. The monoisotopic (exact) mass is 728 g/mol. The zero-order valence-electron chi connectivity index (χ0n) is 32.4. The van der Waals surface area contributed by atoms with Gasteiger partial charge < -0.3 is 23.1 Å². The van der Waals surface area contributed by atoms with Gasteiger partial charge in [0.15, 0.2) is 17.7 Å². The minimum absolute atomic E-state index is 0.00713. The van der Waals surface area contributed by atoms with Crippen LogP contribution in [0.4, 0.5) is 4.39 Å². The Morgan fingerprint density at radius 1 is 1.04 bits per heavy atom. The van der Waals surface area contributed by atoms with Crippen LogP contribution in [0, 0.1) is 40.3 Å². The summed E-state index contributed by atoms with van der Waals surface area (Å²) in [6, 6.07) is 6.13. The van der Waals surface area contributed by atoms with Crippen LogP contribution >= 0.6 is 0 Å². The highest BCUT2D eigenvalue weighted by Crippen LogP contribution is 2.53. The summed E-state index contributed by atoms with van der Waals surface area (Å²) in [4.78, 5) is 27.4. The molecule has 9 atom stereocenters. The number of rotatable bonds is 12. The third-order valence-electron chi connectivity index (χ3n) is 10.7. The molecule has 1 aliphatic heterocycles. The molecular weight excluding hydrogens is 668 g/mol. The summed E-state index contributed by atoms with van der Waals surface area (Å²) in [6.07, 6.45) is 7.40. The summed E-state index contributed by atoms with van der Waals surface area (Å²) < 4.78 is 46.5. The fraction of sp³-hybridized carbons (Fsp3) is 0.700. The fourth-order valence-electron chi connectivity index (χ4n) is 7.98. The second-order valence-corrected chi connectivity index (χ2v) is 21.2. The van der Waals surface area contributed by atoms with Crippen LogP contribution in [0.1, 0.15) is 87.5 Å². The van der Waals surface area contributed by atoms with Gasteiger partial charge in [-0.25, -0.2) is 14.0 Å². The van der Waals surface area contributed by atoms with Crippen molar-refractivity contribution in [3.8, 4) is 5.75 Å². The Hall–Kier alpha value is -2.28. The molecule has 3 aliphatic rings. The van der Waals surface area contributed by atoms with Gasteiger partial charge in [-0.1, -0.05) is 85.8 Å². The van der Waals surface area contributed by atoms with Crippen LogP contribution in [-0.2, 0) is 27.9 Å². The van der Waals surface area contributed by atoms with Crippen molar-refractivity contribution in [1.82, 2.24) is 0 Å². The molecule has 278 valence electrons. The van der Waals surface area contributed by atoms with Gasteiger partial charge in [-0.3, -0.25) is 0 Å². The molecule has 1 aromatic rings. The first-order valence-electron chi connectivity index (χ1n) is 18.4. The predicted octanol–water partition coefficient (Wildman–Crippen LogP) is 9.11. The van der Waals surface area contributed by atoms with Crippen molar-refractivity contribution < 1.29 is 37.0 Å². The molecule has 1 fully saturated rings. The zero-order chi connectivity index (χ0) is 37.2. The average molecular weight is 729 g/mol. The maximum absolute atomic E-state index is 14.6. The van der Waals surface area contributed by atoms with E-state index in [0.29, 0.717) is 25.7 Å². The summed E-state index contributed by atoms with van der Waals surface area (Å²) in [5, 5.41) is 0. The number of allylic oxidation sites excluding steroid dienone is 2. The van der Waals surface area contributed by atoms with Gasteiger partial charge in [0, 0.05) is 17.8 Å². The lowest BCUT2D eigenvalue weighted by Gasteiger charge is -2.54. The number of ether oxygens (including phenoxy) is 3. The van der Waals surface area contributed by atoms with E-state index < -0.39 is 53.8 Å². The fourth-order valence-corrected chi connectivity index (χ4v) is 9.92. The SMILES string of the molecule is CCC(Oc1ccccc1F)C(=O)O[C@H]1C[C@H](C(C)(C)C)C=C2C=C[C@H](C)[C@](CC[C@@H]3C[C@H](C(C)(C)C)C(O[Si](C)C)C(=O)O3)(O[Si](C)C)[C@H]21. The lowest BCUT2D eigenvalue weighted by Crippen LogP contribution is -2.58. The highest BCUT2D eigenvalue weighted by Gasteiger charge is 2.55. The summed E-state index contributed by atoms with van der Waals surface area (Å²) in [5.74, 6) is -1.32. The van der Waals surface area contributed by atoms with Crippen LogP contribution in [0.3, 0.4) is 0 Å². The van der Waals surface area contributed by atoms with Gasteiger partial charge in [-0.05, 0) is 92.7 Å². The smallest absolute Gasteiger partial charge is 0.347 e. The van der Waals surface area contributed by atoms with Gasteiger partial charge in [-0.2, -0.15) is 0 Å². The summed E-state index contributed by atoms with van der Waals surface area (Å²) in [5.41, 5.74) is 0.204. The minimum atomic E-state index is -1.24. The molecule has 1 aromatic carbocycles. The number of para-hydroxylation sites is 1. The van der Waals surface area contributed by atoms with Gasteiger partial charge in [0.05, 0.1) is 5.60 Å². The molecule has 0 amide bonds. The van der Waals surface area contributed by atoms with Crippen molar-refractivity contribution in [2.45, 2.75) is 144 Å². The maximum atomic E-state index is 14.6. The Morgan fingerprint density at radius 3 is 2.30 bits per heavy atom. The molecule has 0 aromatic heterocycles. The van der Waals surface area contributed by atoms with Crippen LogP contribution in [0.2, 0.25) is 26.2 Å². The van der Waals surface area contributed by atoms with Crippen molar-refractivity contribution in [1.29, 1.82) is 0 Å². The summed E-state index contributed by atoms with van der Waals surface area (Å²) in [6.45, 7) is 25.6. The Morgan fingerprint density at radius 2 is 1.72 bits per heavy atom. The van der Waals surface area contributed by atoms with Crippen LogP contribution in [0.25, 0.3) is 0 Å². The Kier molecular flexibility index (Phi) is 13.1. The number of carbonyl (C=O) groups is 2. The number of hydrogen-bond acceptors (Lipinski definition) is 7. The zero-order valence-corrected chi connectivity index (χ0v) is 34.4. The first-order valence-corrected chi connectivity index (χ1v) is 23.3. The molecule has 7 nitrogen and oxygen atoms in total. The predicted molar refractivity (Wildman–Crippen MR) is 199 cm³/mol. The normalized spacial score (nSPS) is 30.8. The number of carbonyl (C=O) groups excluding carboxylic acids is 2. The molecule has 2 radical (unpaired) electrons. The van der Waals surface area contributed by atoms with E-state index in [1.165, 1.54) is 12.1 Å². The topological polar surface area (TPSA) is 80.3 Å². The van der Waals surface area contributed by atoms with Gasteiger partial charge in [0.2, 0.25) is 18.1 Å². The molecule has 0 spiro atoms. The number of hydrogen-bond donors (Lipinski definition) is 0. The van der Waals surface area contributed by atoms with E-state index >= 15 is 0 Å². The van der Waals surface area contributed by atoms with Crippen molar-refractivity contribution in [2.24, 2.45) is 34.5 Å². The number of cyclic esters (lactones) is 1. The lowest BCUT2D eigenvalue weighted by molar-refractivity contribution is -0.180. The maximum Gasteiger partial charge on any atom is 0.347 e. The molecule has 0 bridgehead atoms. The van der Waals surface area contributed by atoms with E-state index in [0.717, 1.165) is 12.0 Å². The second-order valence-electron chi connectivity index (χ2n) is 17.1. The number of fused-ring (bicyclic) bond motifs is 1. The van der Waals surface area contributed by atoms with Gasteiger partial charge >= 0.3 is 11.9 Å². The molecule has 2 unspecified atom stereocenters. The average Bonchev–Trinajstić information content (AvgIpc) is 3.00. The molecule has 10 heteroatoms. The van der Waals surface area contributed by atoms with Gasteiger partial charge in [0.1, 0.15) is 18.3 Å². The molecule has 2 aliphatic carbocycles. The first kappa shape index (κ1) is 40.5. The van der Waals surface area contributed by atoms with E-state index in [4.69, 9.17) is 23.1 Å². The second kappa shape index (κ2) is 16.2. The van der Waals surface area contributed by atoms with Crippen LogP contribution < -0.4 is 4.74 Å². The molecule has 0 N–H and O–H groups in total. The van der Waals surface area contributed by atoms with Crippen LogP contribution in [-0.4, -0.2) is 60.0 Å². The Bertz CT molecular complexity index is 1400. The first-order chi connectivity index (χ1) is 23.3. The van der Waals surface area contributed by atoms with Crippen molar-refractivity contribution in [3.05, 3.63) is 53.9 Å². The molecule has 0 saturated carbocycles. The van der Waals surface area contributed by atoms with Gasteiger partial charge in [0.25, 0.3) is 0 Å². The van der Waals surface area contributed by atoms with Crippen molar-refractivity contribution in [3.63, 3.8) is 0 Å². The van der Waals surface area contributed by atoms with E-state index in [1.54, 1.807) is 12.1 Å². The Balaban J connectivity index is 1.69. The van der Waals surface area contributed by atoms with Crippen LogP contribution in [0.15, 0.2) is 48.1 Å². The number of benzene rings is 1. The molecule has 1 heterocycles. The largest absolute Gasteiger partial charge is 0.476 e. The standard InChI is InChI=1S/C40H61FO7Si2/c1-13-31(45-32-17-15-14-16-30(32)41)36(42)46-33-23-27(38(3,4)5)22-26-19-18-25(2)40(34(26)33,48-50(11)12)21-20-28-24-29(39(6,7)8)35(37(43)44-28)47-49(9)10/h14-19,22,25,27-29,31,33-35H,13,20-21,23-24H2,1-12H3/t25-,27+,28+,29-,31?,33-,34+,35?,40-/m0/s1. The summed E-state index contributed by atoms with van der Waals surface area (Å²) in [7, 11) is -2.35. The molecule has 50 heavy (non-hydrogen) atoms. The van der Waals surface area contributed by atoms with E-state index in [9.17, 15) is 14.0 Å². The highest BCUT2D eigenvalue weighted by atomic mass is 28.3. The van der Waals surface area contributed by atoms with Crippen molar-refractivity contribution in [2.75, 3.05) is 0 Å². The highest BCUT2D eigenvalue weighted by molar-refractivity contribution is 6.49. The third kappa shape index (κ3) is 9.38. The molecule has 4 rings (SSSR count).